The predicted molar refractivity (Wildman–Crippen MR) is 96.4 cm³/mol. The van der Waals surface area contributed by atoms with Crippen LogP contribution in [0.15, 0.2) is 11.4 Å². The molecule has 22 heavy (non-hydrogen) atoms. The molecule has 1 fully saturated rings. The van der Waals surface area contributed by atoms with Crippen molar-refractivity contribution in [1.29, 1.82) is 0 Å². The zero-order valence-corrected chi connectivity index (χ0v) is 15.1. The van der Waals surface area contributed by atoms with Crippen LogP contribution in [0.1, 0.15) is 23.3 Å². The second kappa shape index (κ2) is 9.73. The maximum atomic E-state index is 12.0. The first-order chi connectivity index (χ1) is 9.83. The highest BCUT2D eigenvalue weighted by Gasteiger charge is 2.21. The van der Waals surface area contributed by atoms with Crippen LogP contribution >= 0.6 is 36.2 Å². The number of carbonyl (C=O) groups excluding carboxylic acids is 1. The van der Waals surface area contributed by atoms with E-state index < -0.39 is 0 Å². The van der Waals surface area contributed by atoms with Crippen molar-refractivity contribution in [3.63, 3.8) is 0 Å². The molecular formula is C15H25Cl2N3OS. The summed E-state index contributed by atoms with van der Waals surface area (Å²) in [5.74, 6) is 0.402. The summed E-state index contributed by atoms with van der Waals surface area (Å²) in [6, 6.07) is 2.23. The summed E-state index contributed by atoms with van der Waals surface area (Å²) in [5, 5.41) is 8.58. The van der Waals surface area contributed by atoms with E-state index in [0.29, 0.717) is 0 Å². The third-order valence-corrected chi connectivity index (χ3v) is 5.30. The number of hydrogen-bond acceptors (Lipinski definition) is 4. The Morgan fingerprint density at radius 1 is 1.45 bits per heavy atom. The molecule has 2 aliphatic heterocycles. The third-order valence-electron chi connectivity index (χ3n) is 4.28. The Balaban J connectivity index is 0.00000121. The molecule has 0 bridgehead atoms. The fraction of sp³-hybridized carbons (Fsp3) is 0.667. The largest absolute Gasteiger partial charge is 0.355 e. The van der Waals surface area contributed by atoms with Crippen LogP contribution in [0.25, 0.3) is 0 Å². The van der Waals surface area contributed by atoms with Gasteiger partial charge in [0.25, 0.3) is 0 Å². The highest BCUT2D eigenvalue weighted by atomic mass is 35.5. The van der Waals surface area contributed by atoms with Crippen LogP contribution in [0.5, 0.6) is 0 Å². The maximum Gasteiger partial charge on any atom is 0.224 e. The molecular weight excluding hydrogens is 341 g/mol. The van der Waals surface area contributed by atoms with Crippen LogP contribution in [0.2, 0.25) is 0 Å². The van der Waals surface area contributed by atoms with Crippen LogP contribution in [0.3, 0.4) is 0 Å². The molecule has 1 atom stereocenters. The Labute approximate surface area is 148 Å². The number of piperidine rings is 1. The molecule has 0 spiro atoms. The standard InChI is InChI=1S/C15H23N3OS.2ClH/c19-15(12-2-1-5-16-10-12)17-6-8-18-7-3-14-13(11-18)4-9-20-14;;/h4,9,12,16H,1-3,5-8,10-11H2,(H,17,19);2*1H. The predicted octanol–water partition coefficient (Wildman–Crippen LogP) is 2.07. The minimum Gasteiger partial charge on any atom is -0.355 e. The minimum absolute atomic E-state index is 0. The third kappa shape index (κ3) is 5.10. The number of nitrogens with zero attached hydrogens (tertiary/aromatic N) is 1. The Morgan fingerprint density at radius 2 is 2.32 bits per heavy atom. The molecule has 2 aliphatic rings. The van der Waals surface area contributed by atoms with Crippen molar-refractivity contribution in [1.82, 2.24) is 15.5 Å². The topological polar surface area (TPSA) is 44.4 Å². The zero-order valence-electron chi connectivity index (χ0n) is 12.7. The summed E-state index contributed by atoms with van der Waals surface area (Å²) in [7, 11) is 0. The Bertz CT molecular complexity index is 463. The summed E-state index contributed by atoms with van der Waals surface area (Å²) in [5.41, 5.74) is 1.48. The first-order valence-electron chi connectivity index (χ1n) is 7.59. The van der Waals surface area contributed by atoms with Gasteiger partial charge in [0.05, 0.1) is 5.92 Å². The van der Waals surface area contributed by atoms with E-state index in [1.807, 2.05) is 11.3 Å². The molecule has 0 aromatic carbocycles. The van der Waals surface area contributed by atoms with Gasteiger partial charge in [-0.3, -0.25) is 9.69 Å². The first-order valence-corrected chi connectivity index (χ1v) is 8.47. The van der Waals surface area contributed by atoms with E-state index >= 15 is 0 Å². The summed E-state index contributed by atoms with van der Waals surface area (Å²) >= 11 is 1.87. The van der Waals surface area contributed by atoms with Crippen molar-refractivity contribution in [3.8, 4) is 0 Å². The summed E-state index contributed by atoms with van der Waals surface area (Å²) in [6.07, 6.45) is 3.31. The van der Waals surface area contributed by atoms with Crippen molar-refractivity contribution in [2.24, 2.45) is 5.92 Å². The summed E-state index contributed by atoms with van der Waals surface area (Å²) < 4.78 is 0. The number of halogens is 2. The van der Waals surface area contributed by atoms with Gasteiger partial charge in [0.2, 0.25) is 5.91 Å². The smallest absolute Gasteiger partial charge is 0.224 e. The molecule has 4 nitrogen and oxygen atoms in total. The van der Waals surface area contributed by atoms with Crippen LogP contribution in [-0.4, -0.2) is 43.5 Å². The monoisotopic (exact) mass is 365 g/mol. The first kappa shape index (κ1) is 19.7. The van der Waals surface area contributed by atoms with E-state index in [1.54, 1.807) is 4.88 Å². The van der Waals surface area contributed by atoms with Crippen molar-refractivity contribution in [2.45, 2.75) is 25.8 Å². The van der Waals surface area contributed by atoms with Gasteiger partial charge in [0.15, 0.2) is 0 Å². The van der Waals surface area contributed by atoms with Gasteiger partial charge in [-0.05, 0) is 42.8 Å². The molecule has 1 saturated heterocycles. The quantitative estimate of drug-likeness (QED) is 0.858. The molecule has 3 heterocycles. The van der Waals surface area contributed by atoms with E-state index in [0.717, 1.165) is 58.5 Å². The highest BCUT2D eigenvalue weighted by molar-refractivity contribution is 7.10. The summed E-state index contributed by atoms with van der Waals surface area (Å²) in [6.45, 7) is 5.79. The second-order valence-electron chi connectivity index (χ2n) is 5.73. The van der Waals surface area contributed by atoms with Crippen molar-refractivity contribution in [3.05, 3.63) is 21.9 Å². The van der Waals surface area contributed by atoms with E-state index in [9.17, 15) is 4.79 Å². The van der Waals surface area contributed by atoms with Gasteiger partial charge in [0.1, 0.15) is 0 Å². The fourth-order valence-corrected chi connectivity index (χ4v) is 3.94. The molecule has 0 aliphatic carbocycles. The minimum atomic E-state index is 0. The SMILES string of the molecule is Cl.Cl.O=C(NCCN1CCc2sccc2C1)C1CCCNC1. The number of nitrogens with one attached hydrogen (secondary N) is 2. The van der Waals surface area contributed by atoms with Gasteiger partial charge in [-0.1, -0.05) is 0 Å². The Morgan fingerprint density at radius 3 is 3.09 bits per heavy atom. The van der Waals surface area contributed by atoms with Gasteiger partial charge in [0, 0.05) is 37.6 Å². The van der Waals surface area contributed by atoms with Crippen molar-refractivity contribution in [2.75, 3.05) is 32.7 Å². The van der Waals surface area contributed by atoms with E-state index in [1.165, 1.54) is 5.56 Å². The van der Waals surface area contributed by atoms with E-state index in [4.69, 9.17) is 0 Å². The van der Waals surface area contributed by atoms with Gasteiger partial charge < -0.3 is 10.6 Å². The lowest BCUT2D eigenvalue weighted by atomic mass is 9.99. The van der Waals surface area contributed by atoms with E-state index in [2.05, 4.69) is 27.0 Å². The molecule has 3 rings (SSSR count). The lowest BCUT2D eigenvalue weighted by molar-refractivity contribution is -0.125. The normalized spacial score (nSPS) is 21.2. The van der Waals surface area contributed by atoms with E-state index in [-0.39, 0.29) is 36.6 Å². The van der Waals surface area contributed by atoms with Crippen LogP contribution < -0.4 is 10.6 Å². The molecule has 1 unspecified atom stereocenters. The fourth-order valence-electron chi connectivity index (χ4n) is 3.05. The zero-order chi connectivity index (χ0) is 13.8. The number of rotatable bonds is 4. The van der Waals surface area contributed by atoms with Gasteiger partial charge >= 0.3 is 0 Å². The maximum absolute atomic E-state index is 12.0. The summed E-state index contributed by atoms with van der Waals surface area (Å²) in [4.78, 5) is 16.0. The second-order valence-corrected chi connectivity index (χ2v) is 6.73. The van der Waals surface area contributed by atoms with Crippen LogP contribution in [0.4, 0.5) is 0 Å². The number of hydrogen-bond donors (Lipinski definition) is 2. The van der Waals surface area contributed by atoms with Crippen molar-refractivity contribution < 1.29 is 4.79 Å². The number of fused-ring (bicyclic) bond motifs is 1. The molecule has 0 saturated carbocycles. The van der Waals surface area contributed by atoms with Crippen LogP contribution in [-0.2, 0) is 17.8 Å². The Kier molecular flexibility index (Phi) is 8.72. The molecule has 1 aromatic heterocycles. The average molecular weight is 366 g/mol. The number of thiophene rings is 1. The van der Waals surface area contributed by atoms with Gasteiger partial charge in [-0.2, -0.15) is 0 Å². The average Bonchev–Trinajstić information content (AvgIpc) is 2.95. The molecule has 0 radical (unpaired) electrons. The van der Waals surface area contributed by atoms with Crippen molar-refractivity contribution >= 4 is 42.1 Å². The number of amides is 1. The van der Waals surface area contributed by atoms with Gasteiger partial charge in [-0.25, -0.2) is 0 Å². The molecule has 1 amide bonds. The molecule has 126 valence electrons. The lowest BCUT2D eigenvalue weighted by Crippen LogP contribution is -2.43. The number of carbonyl (C=O) groups is 1. The highest BCUT2D eigenvalue weighted by Crippen LogP contribution is 2.23. The molecule has 2 N–H and O–H groups in total. The molecule has 7 heteroatoms. The lowest BCUT2D eigenvalue weighted by Gasteiger charge is -2.27. The van der Waals surface area contributed by atoms with Crippen LogP contribution in [0, 0.1) is 5.92 Å². The van der Waals surface area contributed by atoms with Gasteiger partial charge in [-0.15, -0.1) is 36.2 Å². The Hall–Kier alpha value is -0.330. The molecule has 1 aromatic rings.